The van der Waals surface area contributed by atoms with Gasteiger partial charge in [-0.1, -0.05) is 6.92 Å². The molecule has 1 heterocycles. The average Bonchev–Trinajstić information content (AvgIpc) is 2.46. The van der Waals surface area contributed by atoms with E-state index in [1.807, 2.05) is 31.7 Å². The number of rotatable bonds is 9. The summed E-state index contributed by atoms with van der Waals surface area (Å²) < 4.78 is 0. The van der Waals surface area contributed by atoms with Gasteiger partial charge in [-0.05, 0) is 27.2 Å². The number of aromatic nitrogens is 2. The van der Waals surface area contributed by atoms with Crippen LogP contribution in [0.25, 0.3) is 0 Å². The normalized spacial score (nSPS) is 10.3. The van der Waals surface area contributed by atoms with Gasteiger partial charge >= 0.3 is 0 Å². The van der Waals surface area contributed by atoms with Crippen LogP contribution in [0.2, 0.25) is 0 Å². The number of hydrogen-bond acceptors (Lipinski definition) is 5. The largest absolute Gasteiger partial charge is 0.369 e. The molecule has 21 heavy (non-hydrogen) atoms. The minimum atomic E-state index is 0.169. The van der Waals surface area contributed by atoms with Crippen LogP contribution < -0.4 is 10.6 Å². The van der Waals surface area contributed by atoms with E-state index in [1.165, 1.54) is 0 Å². The van der Waals surface area contributed by atoms with Crippen LogP contribution in [0, 0.1) is 6.92 Å². The second-order valence-electron chi connectivity index (χ2n) is 4.89. The molecule has 0 saturated carbocycles. The third-order valence-electron chi connectivity index (χ3n) is 3.15. The molecular weight excluding hydrogens is 266 g/mol. The van der Waals surface area contributed by atoms with Crippen LogP contribution in [0.3, 0.4) is 0 Å². The Bertz CT molecular complexity index is 446. The van der Waals surface area contributed by atoms with Crippen LogP contribution in [-0.2, 0) is 4.79 Å². The highest BCUT2D eigenvalue weighted by Gasteiger charge is 2.09. The highest BCUT2D eigenvalue weighted by atomic mass is 16.2. The first kappa shape index (κ1) is 17.2. The van der Waals surface area contributed by atoms with Gasteiger partial charge < -0.3 is 15.5 Å². The maximum absolute atomic E-state index is 11.9. The maximum Gasteiger partial charge on any atom is 0.224 e. The molecule has 0 fully saturated rings. The molecule has 0 spiro atoms. The standard InChI is InChI=1S/C15H27N5O/c1-5-9-17-15-18-12(4)11-13(19-15)16-10-8-14(21)20(6-2)7-3/h11H,5-10H2,1-4H3,(H2,16,17,18,19). The minimum Gasteiger partial charge on any atom is -0.369 e. The fourth-order valence-corrected chi connectivity index (χ4v) is 2.01. The first-order valence-corrected chi connectivity index (χ1v) is 7.71. The molecule has 0 aliphatic rings. The quantitative estimate of drug-likeness (QED) is 0.731. The van der Waals surface area contributed by atoms with Crippen molar-refractivity contribution in [3.05, 3.63) is 11.8 Å². The lowest BCUT2D eigenvalue weighted by Crippen LogP contribution is -2.31. The molecule has 0 aliphatic carbocycles. The van der Waals surface area contributed by atoms with Gasteiger partial charge in [-0.2, -0.15) is 4.98 Å². The van der Waals surface area contributed by atoms with Gasteiger partial charge in [-0.25, -0.2) is 4.98 Å². The van der Waals surface area contributed by atoms with Crippen LogP contribution in [0.4, 0.5) is 11.8 Å². The summed E-state index contributed by atoms with van der Waals surface area (Å²) in [6.45, 7) is 11.0. The SMILES string of the molecule is CCCNc1nc(C)cc(NCCC(=O)N(CC)CC)n1. The number of amides is 1. The van der Waals surface area contributed by atoms with Crippen molar-refractivity contribution in [2.45, 2.75) is 40.5 Å². The zero-order valence-electron chi connectivity index (χ0n) is 13.6. The third kappa shape index (κ3) is 5.97. The zero-order chi connectivity index (χ0) is 15.7. The summed E-state index contributed by atoms with van der Waals surface area (Å²) in [5.41, 5.74) is 0.904. The third-order valence-corrected chi connectivity index (χ3v) is 3.15. The molecule has 0 radical (unpaired) electrons. The molecule has 0 aromatic carbocycles. The Morgan fingerprint density at radius 2 is 1.86 bits per heavy atom. The zero-order valence-corrected chi connectivity index (χ0v) is 13.6. The molecule has 118 valence electrons. The fraction of sp³-hybridized carbons (Fsp3) is 0.667. The van der Waals surface area contributed by atoms with Crippen molar-refractivity contribution in [1.29, 1.82) is 0 Å². The summed E-state index contributed by atoms with van der Waals surface area (Å²) in [6, 6.07) is 1.89. The molecule has 1 rings (SSSR count). The van der Waals surface area contributed by atoms with E-state index in [1.54, 1.807) is 0 Å². The second-order valence-corrected chi connectivity index (χ2v) is 4.89. The highest BCUT2D eigenvalue weighted by molar-refractivity contribution is 5.76. The number of nitrogens with one attached hydrogen (secondary N) is 2. The number of aryl methyl sites for hydroxylation is 1. The molecule has 0 bridgehead atoms. The Morgan fingerprint density at radius 1 is 1.14 bits per heavy atom. The van der Waals surface area contributed by atoms with E-state index in [4.69, 9.17) is 0 Å². The van der Waals surface area contributed by atoms with Gasteiger partial charge in [0.15, 0.2) is 0 Å². The predicted octanol–water partition coefficient (Wildman–Crippen LogP) is 2.28. The van der Waals surface area contributed by atoms with Gasteiger partial charge in [-0.3, -0.25) is 4.79 Å². The van der Waals surface area contributed by atoms with E-state index in [0.717, 1.165) is 37.6 Å². The molecule has 0 saturated heterocycles. The summed E-state index contributed by atoms with van der Waals surface area (Å²) in [7, 11) is 0. The molecule has 0 unspecified atom stereocenters. The number of carbonyl (C=O) groups excluding carboxylic acids is 1. The van der Waals surface area contributed by atoms with Crippen molar-refractivity contribution in [3.63, 3.8) is 0 Å². The van der Waals surface area contributed by atoms with Crippen LogP contribution in [0.5, 0.6) is 0 Å². The Morgan fingerprint density at radius 3 is 2.48 bits per heavy atom. The molecule has 6 nitrogen and oxygen atoms in total. The second kappa shape index (κ2) is 9.15. The average molecular weight is 293 g/mol. The van der Waals surface area contributed by atoms with Gasteiger partial charge in [0.25, 0.3) is 0 Å². The van der Waals surface area contributed by atoms with Crippen molar-refractivity contribution in [3.8, 4) is 0 Å². The summed E-state index contributed by atoms with van der Waals surface area (Å²) in [5.74, 6) is 1.56. The van der Waals surface area contributed by atoms with E-state index >= 15 is 0 Å². The molecular formula is C15H27N5O. The van der Waals surface area contributed by atoms with Crippen molar-refractivity contribution >= 4 is 17.7 Å². The number of carbonyl (C=O) groups is 1. The van der Waals surface area contributed by atoms with Crippen molar-refractivity contribution in [2.24, 2.45) is 0 Å². The minimum absolute atomic E-state index is 0.169. The maximum atomic E-state index is 11.9. The van der Waals surface area contributed by atoms with Crippen molar-refractivity contribution in [1.82, 2.24) is 14.9 Å². The van der Waals surface area contributed by atoms with E-state index in [9.17, 15) is 4.79 Å². The van der Waals surface area contributed by atoms with Gasteiger partial charge in [0.05, 0.1) is 0 Å². The molecule has 1 amide bonds. The van der Waals surface area contributed by atoms with Crippen molar-refractivity contribution < 1.29 is 4.79 Å². The molecule has 2 N–H and O–H groups in total. The smallest absolute Gasteiger partial charge is 0.224 e. The summed E-state index contributed by atoms with van der Waals surface area (Å²) in [4.78, 5) is 22.5. The van der Waals surface area contributed by atoms with Gasteiger partial charge in [0.2, 0.25) is 11.9 Å². The lowest BCUT2D eigenvalue weighted by atomic mass is 10.3. The number of anilines is 2. The van der Waals surface area contributed by atoms with E-state index in [-0.39, 0.29) is 5.91 Å². The van der Waals surface area contributed by atoms with Crippen LogP contribution in [0.15, 0.2) is 6.07 Å². The Hall–Kier alpha value is -1.85. The Balaban J connectivity index is 2.51. The fourth-order valence-electron chi connectivity index (χ4n) is 2.01. The molecule has 1 aromatic heterocycles. The van der Waals surface area contributed by atoms with Gasteiger partial charge in [0.1, 0.15) is 5.82 Å². The first-order chi connectivity index (χ1) is 10.1. The Kier molecular flexibility index (Phi) is 7.50. The van der Waals surface area contributed by atoms with Crippen LogP contribution in [-0.4, -0.2) is 47.0 Å². The van der Waals surface area contributed by atoms with Gasteiger partial charge in [0, 0.05) is 44.4 Å². The highest BCUT2D eigenvalue weighted by Crippen LogP contribution is 2.09. The molecule has 0 atom stereocenters. The van der Waals surface area contributed by atoms with E-state index in [0.29, 0.717) is 18.9 Å². The summed E-state index contributed by atoms with van der Waals surface area (Å²) in [5, 5.41) is 6.37. The lowest BCUT2D eigenvalue weighted by Gasteiger charge is -2.18. The molecule has 6 heteroatoms. The lowest BCUT2D eigenvalue weighted by molar-refractivity contribution is -0.130. The topological polar surface area (TPSA) is 70.2 Å². The van der Waals surface area contributed by atoms with Crippen LogP contribution in [0.1, 0.15) is 39.3 Å². The van der Waals surface area contributed by atoms with Gasteiger partial charge in [-0.15, -0.1) is 0 Å². The van der Waals surface area contributed by atoms with E-state index in [2.05, 4.69) is 27.5 Å². The molecule has 1 aromatic rings. The number of hydrogen-bond donors (Lipinski definition) is 2. The molecule has 0 aliphatic heterocycles. The van der Waals surface area contributed by atoms with Crippen LogP contribution >= 0.6 is 0 Å². The predicted molar refractivity (Wildman–Crippen MR) is 86.6 cm³/mol. The van der Waals surface area contributed by atoms with E-state index < -0.39 is 0 Å². The summed E-state index contributed by atoms with van der Waals surface area (Å²) in [6.07, 6.45) is 1.50. The van der Waals surface area contributed by atoms with Crippen molar-refractivity contribution in [2.75, 3.05) is 36.8 Å². The monoisotopic (exact) mass is 293 g/mol. The Labute approximate surface area is 127 Å². The summed E-state index contributed by atoms with van der Waals surface area (Å²) >= 11 is 0. The number of nitrogens with zero attached hydrogens (tertiary/aromatic N) is 3. The first-order valence-electron chi connectivity index (χ1n) is 7.71.